The van der Waals surface area contributed by atoms with E-state index < -0.39 is 10.0 Å². The summed E-state index contributed by atoms with van der Waals surface area (Å²) in [5.74, 6) is 0.0541. The lowest BCUT2D eigenvalue weighted by Gasteiger charge is -2.16. The number of nitrogens with zero attached hydrogens (tertiary/aromatic N) is 1. The van der Waals surface area contributed by atoms with Crippen molar-refractivity contribution >= 4 is 10.0 Å². The average molecular weight is 281 g/mol. The summed E-state index contributed by atoms with van der Waals surface area (Å²) in [6.07, 6.45) is 1.68. The predicted octanol–water partition coefficient (Wildman–Crippen LogP) is 1.90. The summed E-state index contributed by atoms with van der Waals surface area (Å²) in [6, 6.07) is 8.50. The summed E-state index contributed by atoms with van der Waals surface area (Å²) in [5, 5.41) is 0. The molecular weight excluding hydrogens is 262 g/mol. The highest BCUT2D eigenvalue weighted by Gasteiger charge is 2.38. The second-order valence-corrected chi connectivity index (χ2v) is 6.47. The minimum Gasteiger partial charge on any atom is -0.376 e. The standard InChI is InChI=1S/C14H19NO3S/c1-3-12-10-15(11-14(12)18-4-2)19(16,17)13-8-6-5-7-9-13/h3,5-9,12,14H,1,4,10-11H2,2H3. The van der Waals surface area contributed by atoms with Gasteiger partial charge in [-0.05, 0) is 19.1 Å². The first-order valence-electron chi connectivity index (χ1n) is 6.39. The van der Waals surface area contributed by atoms with Gasteiger partial charge in [0.25, 0.3) is 0 Å². The monoisotopic (exact) mass is 281 g/mol. The van der Waals surface area contributed by atoms with Crippen LogP contribution in [0.3, 0.4) is 0 Å². The Morgan fingerprint density at radius 2 is 2.05 bits per heavy atom. The lowest BCUT2D eigenvalue weighted by Crippen LogP contribution is -2.30. The zero-order valence-corrected chi connectivity index (χ0v) is 11.8. The van der Waals surface area contributed by atoms with Gasteiger partial charge in [-0.15, -0.1) is 6.58 Å². The van der Waals surface area contributed by atoms with Crippen molar-refractivity contribution in [3.8, 4) is 0 Å². The van der Waals surface area contributed by atoms with Crippen molar-refractivity contribution in [1.82, 2.24) is 4.31 Å². The summed E-state index contributed by atoms with van der Waals surface area (Å²) in [4.78, 5) is 0.329. The molecule has 0 amide bonds. The molecule has 19 heavy (non-hydrogen) atoms. The van der Waals surface area contributed by atoms with Crippen LogP contribution < -0.4 is 0 Å². The third-order valence-electron chi connectivity index (χ3n) is 3.34. The van der Waals surface area contributed by atoms with Gasteiger partial charge in [0.15, 0.2) is 0 Å². The van der Waals surface area contributed by atoms with Gasteiger partial charge in [-0.1, -0.05) is 24.3 Å². The molecule has 1 fully saturated rings. The van der Waals surface area contributed by atoms with E-state index in [4.69, 9.17) is 4.74 Å². The molecule has 1 aliphatic rings. The third-order valence-corrected chi connectivity index (χ3v) is 5.19. The second-order valence-electron chi connectivity index (χ2n) is 4.53. The summed E-state index contributed by atoms with van der Waals surface area (Å²) < 4.78 is 32.0. The molecule has 2 rings (SSSR count). The van der Waals surface area contributed by atoms with E-state index in [0.29, 0.717) is 24.6 Å². The molecule has 1 heterocycles. The van der Waals surface area contributed by atoms with E-state index in [1.165, 1.54) is 4.31 Å². The van der Waals surface area contributed by atoms with Crippen LogP contribution in [0.4, 0.5) is 0 Å². The molecule has 1 aromatic rings. The third kappa shape index (κ3) is 2.88. The zero-order valence-electron chi connectivity index (χ0n) is 11.0. The van der Waals surface area contributed by atoms with E-state index in [0.717, 1.165) is 0 Å². The van der Waals surface area contributed by atoms with E-state index >= 15 is 0 Å². The van der Waals surface area contributed by atoms with E-state index in [1.807, 2.05) is 6.92 Å². The molecule has 0 aliphatic carbocycles. The van der Waals surface area contributed by atoms with Crippen LogP contribution in [0.1, 0.15) is 6.92 Å². The van der Waals surface area contributed by atoms with Gasteiger partial charge in [0.1, 0.15) is 0 Å². The molecule has 1 aromatic carbocycles. The SMILES string of the molecule is C=CC1CN(S(=O)(=O)c2ccccc2)CC1OCC. The van der Waals surface area contributed by atoms with Gasteiger partial charge in [-0.3, -0.25) is 0 Å². The van der Waals surface area contributed by atoms with Crippen LogP contribution in [0.5, 0.6) is 0 Å². The summed E-state index contributed by atoms with van der Waals surface area (Å²) >= 11 is 0. The highest BCUT2D eigenvalue weighted by molar-refractivity contribution is 7.89. The Balaban J connectivity index is 2.22. The number of hydrogen-bond donors (Lipinski definition) is 0. The molecule has 0 N–H and O–H groups in total. The molecule has 0 spiro atoms. The minimum atomic E-state index is -3.43. The van der Waals surface area contributed by atoms with E-state index in [9.17, 15) is 8.42 Å². The van der Waals surface area contributed by atoms with E-state index in [-0.39, 0.29) is 12.0 Å². The summed E-state index contributed by atoms with van der Waals surface area (Å²) in [7, 11) is -3.43. The van der Waals surface area contributed by atoms with Crippen molar-refractivity contribution in [1.29, 1.82) is 0 Å². The lowest BCUT2D eigenvalue weighted by atomic mass is 10.1. The van der Waals surface area contributed by atoms with E-state index in [2.05, 4.69) is 6.58 Å². The van der Waals surface area contributed by atoms with Crippen molar-refractivity contribution in [3.63, 3.8) is 0 Å². The molecule has 0 radical (unpaired) electrons. The van der Waals surface area contributed by atoms with Crippen molar-refractivity contribution in [3.05, 3.63) is 43.0 Å². The van der Waals surface area contributed by atoms with Crippen LogP contribution in [0.15, 0.2) is 47.9 Å². The maximum atomic E-state index is 12.5. The Kier molecular flexibility index (Phi) is 4.39. The molecule has 1 saturated heterocycles. The molecule has 4 nitrogen and oxygen atoms in total. The predicted molar refractivity (Wildman–Crippen MR) is 74.3 cm³/mol. The maximum Gasteiger partial charge on any atom is 0.243 e. The first-order valence-corrected chi connectivity index (χ1v) is 7.83. The van der Waals surface area contributed by atoms with E-state index in [1.54, 1.807) is 36.4 Å². The molecule has 104 valence electrons. The molecule has 0 saturated carbocycles. The Morgan fingerprint density at radius 1 is 1.37 bits per heavy atom. The number of benzene rings is 1. The second kappa shape index (κ2) is 5.86. The van der Waals surface area contributed by atoms with Gasteiger partial charge < -0.3 is 4.74 Å². The van der Waals surface area contributed by atoms with Crippen LogP contribution in [0.2, 0.25) is 0 Å². The van der Waals surface area contributed by atoms with Crippen molar-refractivity contribution in [2.45, 2.75) is 17.9 Å². The maximum absolute atomic E-state index is 12.5. The Labute approximate surface area is 114 Å². The first kappa shape index (κ1) is 14.2. The Bertz CT molecular complexity index is 527. The number of ether oxygens (including phenoxy) is 1. The first-order chi connectivity index (χ1) is 9.09. The molecule has 0 aromatic heterocycles. The topological polar surface area (TPSA) is 46.6 Å². The van der Waals surface area contributed by atoms with Crippen LogP contribution in [0, 0.1) is 5.92 Å². The Hall–Kier alpha value is -1.17. The molecular formula is C14H19NO3S. The largest absolute Gasteiger partial charge is 0.376 e. The molecule has 1 aliphatic heterocycles. The van der Waals surface area contributed by atoms with Crippen LogP contribution >= 0.6 is 0 Å². The smallest absolute Gasteiger partial charge is 0.243 e. The minimum absolute atomic E-state index is 0.0541. The lowest BCUT2D eigenvalue weighted by molar-refractivity contribution is 0.0565. The van der Waals surface area contributed by atoms with Gasteiger partial charge in [0, 0.05) is 25.6 Å². The summed E-state index contributed by atoms with van der Waals surface area (Å²) in [6.45, 7) is 7.08. The van der Waals surface area contributed by atoms with Gasteiger partial charge in [0.05, 0.1) is 11.0 Å². The van der Waals surface area contributed by atoms with Crippen LogP contribution in [0.25, 0.3) is 0 Å². The highest BCUT2D eigenvalue weighted by atomic mass is 32.2. The van der Waals surface area contributed by atoms with Crippen molar-refractivity contribution in [2.24, 2.45) is 5.92 Å². The van der Waals surface area contributed by atoms with Crippen LogP contribution in [-0.4, -0.2) is 38.5 Å². The van der Waals surface area contributed by atoms with Crippen molar-refractivity contribution in [2.75, 3.05) is 19.7 Å². The number of hydrogen-bond acceptors (Lipinski definition) is 3. The molecule has 0 bridgehead atoms. The fourth-order valence-corrected chi connectivity index (χ4v) is 3.83. The number of sulfonamides is 1. The van der Waals surface area contributed by atoms with Crippen molar-refractivity contribution < 1.29 is 13.2 Å². The van der Waals surface area contributed by atoms with Gasteiger partial charge in [0.2, 0.25) is 10.0 Å². The average Bonchev–Trinajstić information content (AvgIpc) is 2.84. The van der Waals surface area contributed by atoms with Gasteiger partial charge in [-0.2, -0.15) is 4.31 Å². The number of rotatable bonds is 5. The van der Waals surface area contributed by atoms with Gasteiger partial charge in [-0.25, -0.2) is 8.42 Å². The molecule has 5 heteroatoms. The Morgan fingerprint density at radius 3 is 2.63 bits per heavy atom. The fourth-order valence-electron chi connectivity index (χ4n) is 2.32. The van der Waals surface area contributed by atoms with Gasteiger partial charge >= 0.3 is 0 Å². The highest BCUT2D eigenvalue weighted by Crippen LogP contribution is 2.26. The normalized spacial score (nSPS) is 24.5. The zero-order chi connectivity index (χ0) is 13.9. The summed E-state index contributed by atoms with van der Waals surface area (Å²) in [5.41, 5.74) is 0. The van der Waals surface area contributed by atoms with Crippen LogP contribution in [-0.2, 0) is 14.8 Å². The fraction of sp³-hybridized carbons (Fsp3) is 0.429. The molecule has 2 unspecified atom stereocenters. The molecule has 2 atom stereocenters. The quantitative estimate of drug-likeness (QED) is 0.774.